The number of aryl methyl sites for hydroxylation is 1. The Balaban J connectivity index is 0.00000686. The van der Waals surface area contributed by atoms with Crippen molar-refractivity contribution in [2.24, 2.45) is 0 Å². The zero-order valence-corrected chi connectivity index (χ0v) is 48.3. The Morgan fingerprint density at radius 1 is 0.458 bits per heavy atom. The second-order valence-electron chi connectivity index (χ2n) is 21.9. The third-order valence-corrected chi connectivity index (χ3v) is 15.6. The Kier molecular flexibility index (Phi) is 13.1. The van der Waals surface area contributed by atoms with Gasteiger partial charge in [-0.2, -0.15) is 12.1 Å². The SMILES string of the molecule is [2H]C([2H])([2H])c1cc(-n2c3[c-]c(Oc4[c-]c(N5[CH-]N(c6c(-c7ccc(C(C)(C)C)cc7)cccc6-c6cccc(-c7ccccc7)c6)c6ccccc65)ccc4)c(-c4ccccc4)cc3c3cc(-c4ccccc4)ccc32)ncc1-c1ccccc1.[Pt]. The van der Waals surface area contributed by atoms with Gasteiger partial charge < -0.3 is 19.1 Å². The van der Waals surface area contributed by atoms with Crippen LogP contribution < -0.4 is 14.5 Å². The fraction of sp³-hybridized carbons (Fsp3) is 0.0649. The zero-order valence-electron chi connectivity index (χ0n) is 49.0. The molecule has 3 heterocycles. The third-order valence-electron chi connectivity index (χ3n) is 15.6. The van der Waals surface area contributed by atoms with Gasteiger partial charge in [-0.15, -0.1) is 42.0 Å². The van der Waals surface area contributed by atoms with E-state index in [1.807, 2.05) is 83.4 Å². The standard InChI is InChI=1S/C77H57N4O.Pt/c1-52-44-75(78-50-69(52)56-28-15-8-16-29-56)81-70-43-40-59(54-24-11-6-12-25-54)46-67(70)68-48-66(55-26-13-7-14-27-55)74(49-73(68)81)82-63-33-20-32-62(47-63)79-51-80(72-37-18-17-36-71(72)79)76-64(57-38-41-61(42-39-57)77(2,3)4)34-21-35-65(76)60-31-19-30-58(45-60)53-22-9-5-10-23-53;/h5-46,48,50-51H,1-4H3;/q-3;/i1D3;. The maximum absolute atomic E-state index is 8.80. The number of pyridine rings is 1. The van der Waals surface area contributed by atoms with Crippen molar-refractivity contribution in [2.45, 2.75) is 33.0 Å². The summed E-state index contributed by atoms with van der Waals surface area (Å²) in [7, 11) is 0. The molecule has 14 rings (SSSR count). The number of hydrogen-bond donors (Lipinski definition) is 0. The Hall–Kier alpha value is -9.54. The van der Waals surface area contributed by atoms with E-state index in [1.165, 1.54) is 5.56 Å². The van der Waals surface area contributed by atoms with Gasteiger partial charge in [0.25, 0.3) is 0 Å². The molecule has 83 heavy (non-hydrogen) atoms. The number of rotatable bonds is 11. The van der Waals surface area contributed by atoms with Crippen LogP contribution in [0.15, 0.2) is 267 Å². The molecule has 0 spiro atoms. The predicted octanol–water partition coefficient (Wildman–Crippen LogP) is 20.6. The monoisotopic (exact) mass is 1250 g/mol. The van der Waals surface area contributed by atoms with Gasteiger partial charge in [-0.3, -0.25) is 0 Å². The van der Waals surface area contributed by atoms with Crippen LogP contribution in [0.2, 0.25) is 0 Å². The van der Waals surface area contributed by atoms with Gasteiger partial charge in [-0.25, -0.2) is 4.98 Å². The molecule has 0 radical (unpaired) electrons. The molecule has 0 amide bonds. The van der Waals surface area contributed by atoms with E-state index >= 15 is 0 Å². The number of nitrogens with zero attached hydrogens (tertiary/aromatic N) is 4. The quantitative estimate of drug-likeness (QED) is 0.121. The Morgan fingerprint density at radius 3 is 1.66 bits per heavy atom. The first kappa shape index (κ1) is 49.3. The smallest absolute Gasteiger partial charge is 0.135 e. The molecule has 1 aliphatic heterocycles. The minimum atomic E-state index is -2.44. The molecule has 0 unspecified atom stereocenters. The van der Waals surface area contributed by atoms with Gasteiger partial charge >= 0.3 is 0 Å². The summed E-state index contributed by atoms with van der Waals surface area (Å²) < 4.78 is 35.6. The summed E-state index contributed by atoms with van der Waals surface area (Å²) >= 11 is 0. The third kappa shape index (κ3) is 10.0. The summed E-state index contributed by atoms with van der Waals surface area (Å²) in [6.45, 7) is 6.49. The molecule has 11 aromatic carbocycles. The van der Waals surface area contributed by atoms with Crippen LogP contribution in [0, 0.1) is 25.7 Å². The molecule has 0 atom stereocenters. The van der Waals surface area contributed by atoms with Crippen molar-refractivity contribution in [1.82, 2.24) is 9.55 Å². The van der Waals surface area contributed by atoms with Gasteiger partial charge in [0.05, 0.1) is 0 Å². The van der Waals surface area contributed by atoms with E-state index in [9.17, 15) is 0 Å². The van der Waals surface area contributed by atoms with E-state index in [-0.39, 0.29) is 32.0 Å². The number of ether oxygens (including phenoxy) is 1. The first-order chi connectivity index (χ1) is 41.4. The second kappa shape index (κ2) is 22.1. The molecule has 0 saturated carbocycles. The number of fused-ring (bicyclic) bond motifs is 4. The number of aromatic nitrogens is 2. The van der Waals surface area contributed by atoms with Crippen molar-refractivity contribution in [3.63, 3.8) is 0 Å². The van der Waals surface area contributed by atoms with Crippen LogP contribution in [0.4, 0.5) is 22.7 Å². The van der Waals surface area contributed by atoms with E-state index < -0.39 is 6.85 Å². The molecule has 0 N–H and O–H groups in total. The van der Waals surface area contributed by atoms with Gasteiger partial charge in [0.2, 0.25) is 0 Å². The van der Waals surface area contributed by atoms with Crippen LogP contribution in [0.3, 0.4) is 0 Å². The second-order valence-corrected chi connectivity index (χ2v) is 21.9. The average Bonchev–Trinajstić information content (AvgIpc) is 1.59. The Morgan fingerprint density at radius 2 is 1.00 bits per heavy atom. The summed E-state index contributed by atoms with van der Waals surface area (Å²) in [5.74, 6) is 1.40. The maximum Gasteiger partial charge on any atom is 0.135 e. The van der Waals surface area contributed by atoms with Crippen molar-refractivity contribution < 1.29 is 29.9 Å². The molecule has 0 aliphatic carbocycles. The van der Waals surface area contributed by atoms with Gasteiger partial charge in [-0.05, 0) is 98.1 Å². The fourth-order valence-corrected chi connectivity index (χ4v) is 11.5. The Bertz CT molecular complexity index is 4620. The van der Waals surface area contributed by atoms with Crippen molar-refractivity contribution in [2.75, 3.05) is 9.80 Å². The molecule has 5 nitrogen and oxygen atoms in total. The largest absolute Gasteiger partial charge is 0.509 e. The summed E-state index contributed by atoms with van der Waals surface area (Å²) in [6.07, 6.45) is 1.68. The minimum Gasteiger partial charge on any atom is -0.509 e. The molecule has 0 saturated heterocycles. The van der Waals surface area contributed by atoms with Crippen molar-refractivity contribution >= 4 is 44.6 Å². The Labute approximate surface area is 504 Å². The molecular weight excluding hydrogens is 1190 g/mol. The van der Waals surface area contributed by atoms with E-state index in [0.717, 1.165) is 100 Å². The topological polar surface area (TPSA) is 33.5 Å². The molecule has 0 fully saturated rings. The molecule has 1 aliphatic rings. The van der Waals surface area contributed by atoms with Gasteiger partial charge in [0.15, 0.2) is 0 Å². The molecule has 6 heteroatoms. The first-order valence-corrected chi connectivity index (χ1v) is 27.8. The zero-order chi connectivity index (χ0) is 57.8. The molecule has 0 bridgehead atoms. The molecule has 404 valence electrons. The maximum atomic E-state index is 8.80. The van der Waals surface area contributed by atoms with Gasteiger partial charge in [0.1, 0.15) is 5.82 Å². The number of hydrogen-bond acceptors (Lipinski definition) is 4. The van der Waals surface area contributed by atoms with E-state index in [1.54, 1.807) is 12.3 Å². The van der Waals surface area contributed by atoms with Crippen LogP contribution in [0.5, 0.6) is 11.5 Å². The summed E-state index contributed by atoms with van der Waals surface area (Å²) in [5.41, 5.74) is 18.8. The summed E-state index contributed by atoms with van der Waals surface area (Å²) in [4.78, 5) is 9.57. The molecular formula is C77H57N4OPt-3. The van der Waals surface area contributed by atoms with E-state index in [2.05, 4.69) is 225 Å². The van der Waals surface area contributed by atoms with E-state index in [4.69, 9.17) is 13.8 Å². The van der Waals surface area contributed by atoms with Crippen LogP contribution in [0.1, 0.15) is 36.0 Å². The number of anilines is 4. The van der Waals surface area contributed by atoms with Crippen molar-refractivity contribution in [3.05, 3.63) is 297 Å². The first-order valence-electron chi connectivity index (χ1n) is 29.3. The normalized spacial score (nSPS) is 12.8. The van der Waals surface area contributed by atoms with Crippen LogP contribution in [0.25, 0.3) is 94.4 Å². The van der Waals surface area contributed by atoms with Gasteiger partial charge in [-0.1, -0.05) is 244 Å². The molecule has 13 aromatic rings. The van der Waals surface area contributed by atoms with Crippen LogP contribution in [-0.2, 0) is 26.5 Å². The van der Waals surface area contributed by atoms with E-state index in [0.29, 0.717) is 28.4 Å². The average molecular weight is 1250 g/mol. The number of benzene rings is 11. The number of para-hydroxylation sites is 3. The summed E-state index contributed by atoms with van der Waals surface area (Å²) in [6, 6.07) is 97.4. The minimum absolute atomic E-state index is 0. The van der Waals surface area contributed by atoms with Crippen molar-refractivity contribution in [3.8, 4) is 84.1 Å². The van der Waals surface area contributed by atoms with Crippen LogP contribution >= 0.6 is 0 Å². The molecule has 2 aromatic heterocycles. The van der Waals surface area contributed by atoms with Crippen LogP contribution in [-0.4, -0.2) is 9.55 Å². The fourth-order valence-electron chi connectivity index (χ4n) is 11.5. The van der Waals surface area contributed by atoms with Gasteiger partial charge in [0, 0.05) is 82.1 Å². The summed E-state index contributed by atoms with van der Waals surface area (Å²) in [5, 5.41) is 1.86. The van der Waals surface area contributed by atoms with Crippen molar-refractivity contribution in [1.29, 1.82) is 0 Å². The predicted molar refractivity (Wildman–Crippen MR) is 340 cm³/mol.